The third kappa shape index (κ3) is 3.64. The smallest absolute Gasteiger partial charge is 0.326 e. The molecule has 9 heteroatoms. The number of aromatic nitrogens is 3. The molecular weight excluding hydrogens is 367 g/mol. The molecule has 4 rings (SSSR count). The average molecular weight is 384 g/mol. The molecule has 0 radical (unpaired) electrons. The molecule has 1 atom stereocenters. The van der Waals surface area contributed by atoms with Gasteiger partial charge in [-0.15, -0.1) is 0 Å². The van der Waals surface area contributed by atoms with Gasteiger partial charge in [-0.05, 0) is 30.5 Å². The molecule has 1 amide bonds. The largest absolute Gasteiger partial charge is 0.443 e. The van der Waals surface area contributed by atoms with Crippen LogP contribution < -0.4 is 11.2 Å². The van der Waals surface area contributed by atoms with Gasteiger partial charge in [0, 0.05) is 19.0 Å². The minimum atomic E-state index is -0.732. The molecule has 0 unspecified atom stereocenters. The molecule has 3 aromatic rings. The SMILES string of the molecule is O=C(c1cc(=O)[nH]c(=O)[nH]1)N1CCC[C@@H]1c1ncc(Cc2ccc(F)cc2)o1. The number of halogens is 1. The van der Waals surface area contributed by atoms with Crippen molar-refractivity contribution in [3.05, 3.63) is 86.1 Å². The lowest BCUT2D eigenvalue weighted by molar-refractivity contribution is 0.0708. The van der Waals surface area contributed by atoms with Crippen LogP contribution in [0.5, 0.6) is 0 Å². The van der Waals surface area contributed by atoms with Crippen LogP contribution in [0.15, 0.2) is 50.5 Å². The molecule has 1 aliphatic heterocycles. The Morgan fingerprint density at radius 3 is 2.79 bits per heavy atom. The van der Waals surface area contributed by atoms with Crippen LogP contribution in [0.25, 0.3) is 0 Å². The first-order chi connectivity index (χ1) is 13.5. The minimum absolute atomic E-state index is 0.0706. The van der Waals surface area contributed by atoms with Crippen molar-refractivity contribution in [2.75, 3.05) is 6.54 Å². The lowest BCUT2D eigenvalue weighted by atomic mass is 10.1. The van der Waals surface area contributed by atoms with E-state index in [-0.39, 0.29) is 17.6 Å². The van der Waals surface area contributed by atoms with Gasteiger partial charge in [0.05, 0.1) is 6.20 Å². The van der Waals surface area contributed by atoms with Gasteiger partial charge < -0.3 is 14.3 Å². The fourth-order valence-electron chi connectivity index (χ4n) is 3.37. The summed E-state index contributed by atoms with van der Waals surface area (Å²) in [4.78, 5) is 45.9. The van der Waals surface area contributed by atoms with E-state index in [4.69, 9.17) is 4.42 Å². The molecule has 0 spiro atoms. The van der Waals surface area contributed by atoms with Gasteiger partial charge in [0.25, 0.3) is 11.5 Å². The zero-order valence-corrected chi connectivity index (χ0v) is 14.8. The molecule has 1 aromatic carbocycles. The number of carbonyl (C=O) groups excluding carboxylic acids is 1. The summed E-state index contributed by atoms with van der Waals surface area (Å²) in [6.07, 6.45) is 3.46. The predicted molar refractivity (Wildman–Crippen MR) is 96.4 cm³/mol. The molecule has 0 saturated carbocycles. The Morgan fingerprint density at radius 2 is 2.04 bits per heavy atom. The second kappa shape index (κ2) is 7.26. The number of amides is 1. The molecule has 8 nitrogen and oxygen atoms in total. The first-order valence-corrected chi connectivity index (χ1v) is 8.83. The number of nitrogens with one attached hydrogen (secondary N) is 2. The van der Waals surface area contributed by atoms with Crippen molar-refractivity contribution < 1.29 is 13.6 Å². The van der Waals surface area contributed by atoms with E-state index in [1.54, 1.807) is 18.3 Å². The van der Waals surface area contributed by atoms with E-state index in [0.29, 0.717) is 31.0 Å². The molecular formula is C19H17FN4O4. The van der Waals surface area contributed by atoms with Crippen molar-refractivity contribution in [3.8, 4) is 0 Å². The second-order valence-electron chi connectivity index (χ2n) is 6.63. The summed E-state index contributed by atoms with van der Waals surface area (Å²) >= 11 is 0. The topological polar surface area (TPSA) is 112 Å². The van der Waals surface area contributed by atoms with E-state index in [9.17, 15) is 18.8 Å². The van der Waals surface area contributed by atoms with Gasteiger partial charge in [0.15, 0.2) is 0 Å². The monoisotopic (exact) mass is 384 g/mol. The highest BCUT2D eigenvalue weighted by Gasteiger charge is 2.34. The number of carbonyl (C=O) groups is 1. The fourth-order valence-corrected chi connectivity index (χ4v) is 3.37. The first-order valence-electron chi connectivity index (χ1n) is 8.83. The highest BCUT2D eigenvalue weighted by molar-refractivity contribution is 5.92. The van der Waals surface area contributed by atoms with Crippen LogP contribution in [0.2, 0.25) is 0 Å². The van der Waals surface area contributed by atoms with Crippen LogP contribution in [0.4, 0.5) is 4.39 Å². The number of hydrogen-bond acceptors (Lipinski definition) is 5. The van der Waals surface area contributed by atoms with Crippen LogP contribution in [-0.2, 0) is 6.42 Å². The van der Waals surface area contributed by atoms with E-state index in [2.05, 4.69) is 9.97 Å². The van der Waals surface area contributed by atoms with E-state index >= 15 is 0 Å². The van der Waals surface area contributed by atoms with Crippen molar-refractivity contribution in [2.24, 2.45) is 0 Å². The maximum atomic E-state index is 13.0. The lowest BCUT2D eigenvalue weighted by Gasteiger charge is -2.21. The third-order valence-corrected chi connectivity index (χ3v) is 4.65. The normalized spacial score (nSPS) is 16.5. The molecule has 28 heavy (non-hydrogen) atoms. The molecule has 1 aliphatic rings. The Kier molecular flexibility index (Phi) is 4.64. The van der Waals surface area contributed by atoms with Crippen molar-refractivity contribution in [1.29, 1.82) is 0 Å². The summed E-state index contributed by atoms with van der Waals surface area (Å²) in [6.45, 7) is 0.466. The summed E-state index contributed by atoms with van der Waals surface area (Å²) < 4.78 is 18.9. The van der Waals surface area contributed by atoms with Crippen LogP contribution in [0.1, 0.15) is 46.6 Å². The molecule has 1 fully saturated rings. The Balaban J connectivity index is 1.54. The van der Waals surface area contributed by atoms with Crippen molar-refractivity contribution in [2.45, 2.75) is 25.3 Å². The fraction of sp³-hybridized carbons (Fsp3) is 0.263. The maximum Gasteiger partial charge on any atom is 0.326 e. The van der Waals surface area contributed by atoms with Crippen LogP contribution in [0, 0.1) is 5.82 Å². The number of likely N-dealkylation sites (tertiary alicyclic amines) is 1. The molecule has 2 aromatic heterocycles. The quantitative estimate of drug-likeness (QED) is 0.712. The highest BCUT2D eigenvalue weighted by Crippen LogP contribution is 2.32. The van der Waals surface area contributed by atoms with Crippen LogP contribution in [-0.4, -0.2) is 32.3 Å². The molecule has 0 aliphatic carbocycles. The van der Waals surface area contributed by atoms with Gasteiger partial charge in [0.2, 0.25) is 5.89 Å². The number of oxazole rings is 1. The second-order valence-corrected chi connectivity index (χ2v) is 6.63. The first kappa shape index (κ1) is 17.9. The van der Waals surface area contributed by atoms with E-state index < -0.39 is 17.2 Å². The number of hydrogen-bond donors (Lipinski definition) is 2. The van der Waals surface area contributed by atoms with Gasteiger partial charge >= 0.3 is 5.69 Å². The Bertz CT molecular complexity index is 1090. The Morgan fingerprint density at radius 1 is 1.25 bits per heavy atom. The van der Waals surface area contributed by atoms with E-state index in [1.807, 2.05) is 4.98 Å². The van der Waals surface area contributed by atoms with Crippen LogP contribution >= 0.6 is 0 Å². The molecule has 2 N–H and O–H groups in total. The molecule has 144 valence electrons. The predicted octanol–water partition coefficient (Wildman–Crippen LogP) is 1.76. The minimum Gasteiger partial charge on any atom is -0.443 e. The number of rotatable bonds is 4. The standard InChI is InChI=1S/C19H17FN4O4/c20-12-5-3-11(4-6-12)8-13-10-21-17(28-13)15-2-1-7-24(15)18(26)14-9-16(25)23-19(27)22-14/h3-6,9-10,15H,1-2,7-8H2,(H2,22,23,25,27)/t15-/m1/s1. The number of benzene rings is 1. The average Bonchev–Trinajstić information content (AvgIpc) is 3.31. The third-order valence-electron chi connectivity index (χ3n) is 4.65. The lowest BCUT2D eigenvalue weighted by Crippen LogP contribution is -2.34. The molecule has 1 saturated heterocycles. The van der Waals surface area contributed by atoms with Gasteiger partial charge in [-0.2, -0.15) is 0 Å². The maximum absolute atomic E-state index is 13.0. The number of nitrogens with zero attached hydrogens (tertiary/aromatic N) is 2. The van der Waals surface area contributed by atoms with Crippen molar-refractivity contribution in [1.82, 2.24) is 19.9 Å². The Hall–Kier alpha value is -3.49. The van der Waals surface area contributed by atoms with Gasteiger partial charge in [0.1, 0.15) is 23.3 Å². The highest BCUT2D eigenvalue weighted by atomic mass is 19.1. The summed E-state index contributed by atoms with van der Waals surface area (Å²) in [5, 5.41) is 0. The van der Waals surface area contributed by atoms with E-state index in [0.717, 1.165) is 18.1 Å². The van der Waals surface area contributed by atoms with Crippen LogP contribution in [0.3, 0.4) is 0 Å². The summed E-state index contributed by atoms with van der Waals surface area (Å²) in [7, 11) is 0. The zero-order chi connectivity index (χ0) is 19.7. The summed E-state index contributed by atoms with van der Waals surface area (Å²) in [5.74, 6) is 0.240. The summed E-state index contributed by atoms with van der Waals surface area (Å²) in [6, 6.07) is 6.79. The Labute approximate surface area is 158 Å². The summed E-state index contributed by atoms with van der Waals surface area (Å²) in [5.41, 5.74) is -0.562. The number of aromatic amines is 2. The van der Waals surface area contributed by atoms with Crippen molar-refractivity contribution in [3.63, 3.8) is 0 Å². The van der Waals surface area contributed by atoms with E-state index in [1.165, 1.54) is 17.0 Å². The zero-order valence-electron chi connectivity index (χ0n) is 14.8. The molecule has 3 heterocycles. The van der Waals surface area contributed by atoms with Gasteiger partial charge in [-0.1, -0.05) is 12.1 Å². The number of H-pyrrole nitrogens is 2. The molecule has 0 bridgehead atoms. The van der Waals surface area contributed by atoms with Crippen molar-refractivity contribution >= 4 is 5.91 Å². The van der Waals surface area contributed by atoms with Gasteiger partial charge in [-0.25, -0.2) is 14.2 Å². The van der Waals surface area contributed by atoms with Gasteiger partial charge in [-0.3, -0.25) is 14.6 Å².